The second kappa shape index (κ2) is 35.7. The number of nitrogens with one attached hydrogen (secondary N) is 8. The summed E-state index contributed by atoms with van der Waals surface area (Å²) in [5, 5.41) is 41.6. The van der Waals surface area contributed by atoms with Crippen molar-refractivity contribution in [1.82, 2.24) is 42.2 Å². The number of aromatic amines is 1. The summed E-state index contributed by atoms with van der Waals surface area (Å²) in [4.78, 5) is 141. The molecule has 0 unspecified atom stereocenters. The van der Waals surface area contributed by atoms with Gasteiger partial charge in [0.1, 0.15) is 29.9 Å². The van der Waals surface area contributed by atoms with Gasteiger partial charge in [0.15, 0.2) is 17.5 Å². The highest BCUT2D eigenvalue weighted by atomic mass is 16.3. The van der Waals surface area contributed by atoms with Crippen LogP contribution in [-0.2, 0) is 75.3 Å². The van der Waals surface area contributed by atoms with Crippen LogP contribution in [-0.4, -0.2) is 142 Å². The summed E-state index contributed by atoms with van der Waals surface area (Å²) >= 11 is 0. The molecule has 1 saturated heterocycles. The largest absolute Gasteiger partial charge is 0.508 e. The summed E-state index contributed by atoms with van der Waals surface area (Å²) in [5.74, 6) is -9.66. The number of carbonyl (C=O) groups is 9. The summed E-state index contributed by atoms with van der Waals surface area (Å²) in [6.07, 6.45) is -0.453. The number of aliphatic imine (C=N–C) groups is 1. The zero-order valence-corrected chi connectivity index (χ0v) is 52.3. The van der Waals surface area contributed by atoms with Gasteiger partial charge >= 0.3 is 0 Å². The normalized spacial score (nSPS) is 21.8. The van der Waals surface area contributed by atoms with Gasteiger partial charge in [0.25, 0.3) is 0 Å². The van der Waals surface area contributed by atoms with Gasteiger partial charge in [-0.25, -0.2) is 0 Å². The van der Waals surface area contributed by atoms with Crippen LogP contribution in [0.15, 0.2) is 151 Å². The molecule has 10 atom stereocenters. The first-order valence-corrected chi connectivity index (χ1v) is 31.5. The highest BCUT2D eigenvalue weighted by molar-refractivity contribution is 5.99. The van der Waals surface area contributed by atoms with Crippen LogP contribution in [0.2, 0.25) is 0 Å². The number of amides is 7. The van der Waals surface area contributed by atoms with Gasteiger partial charge in [-0.3, -0.25) is 48.1 Å². The Kier molecular flexibility index (Phi) is 27.1. The molecule has 7 amide bonds. The standard InChI is InChI=1S/C69H87N13O11/c1-42(83)51-40-61(86)54(24-13-14-31-70)77-62(87)47(38-48-41-76-53-23-12-11-22-50(48)53)39-60(85)57(35-43-16-5-2-6-17-43)80-68(93)59(37-45-20-9-4-10-21-45)82-66(91)55(25-15-32-75-69(72)73)79-67(92)56(78-64(89)52(71)34-46-26-28-49(84)29-27-46)30-33-74-65(90)58(81-63(51)88)36-44-18-7-3-8-19-44/h2-12,16-23,26-29,41-42,47,51-52,54-59,76,83-84H,13-15,24-25,30-40,70-71H2,1H3,(H,74,90)(H,77,87)(H,78,89)(H,79,92)(H,80,93)(H,81,88)(H,82,91)(H4,72,73,75)/t42-,47+,51+,52+,54+,55+,56-,57+,58+,59+/m1/s1. The average molecular weight is 1270 g/mol. The van der Waals surface area contributed by atoms with E-state index in [1.807, 2.05) is 24.3 Å². The molecule has 24 nitrogen and oxygen atoms in total. The van der Waals surface area contributed by atoms with Gasteiger partial charge in [-0.05, 0) is 117 Å². The Morgan fingerprint density at radius 1 is 0.581 bits per heavy atom. The molecule has 18 N–H and O–H groups in total. The van der Waals surface area contributed by atoms with Gasteiger partial charge in [0, 0.05) is 61.8 Å². The zero-order chi connectivity index (χ0) is 66.8. The number of nitrogens with two attached hydrogens (primary N) is 4. The van der Waals surface area contributed by atoms with E-state index in [0.717, 1.165) is 10.9 Å². The Balaban J connectivity index is 1.32. The molecule has 0 radical (unpaired) electrons. The molecule has 0 bridgehead atoms. The number of nitrogens with zero attached hydrogens (tertiary/aromatic N) is 1. The molecule has 24 heteroatoms. The number of rotatable bonds is 21. The summed E-state index contributed by atoms with van der Waals surface area (Å²) in [5.41, 5.74) is 27.6. The van der Waals surface area contributed by atoms with E-state index in [0.29, 0.717) is 40.7 Å². The maximum atomic E-state index is 15.3. The van der Waals surface area contributed by atoms with E-state index in [1.165, 1.54) is 19.1 Å². The van der Waals surface area contributed by atoms with Gasteiger partial charge in [-0.1, -0.05) is 121 Å². The smallest absolute Gasteiger partial charge is 0.243 e. The molecule has 1 aliphatic heterocycles. The highest BCUT2D eigenvalue weighted by Crippen LogP contribution is 2.25. The summed E-state index contributed by atoms with van der Waals surface area (Å²) in [6.45, 7) is 1.29. The number of phenols is 1. The number of phenolic OH excluding ortho intramolecular Hbond substituents is 1. The first kappa shape index (κ1) is 70.7. The fourth-order valence-electron chi connectivity index (χ4n) is 11.2. The van der Waals surface area contributed by atoms with Crippen LogP contribution in [0.3, 0.4) is 0 Å². The number of aliphatic hydroxyl groups is 1. The number of benzene rings is 5. The number of aromatic nitrogens is 1. The lowest BCUT2D eigenvalue weighted by Gasteiger charge is -2.28. The molecule has 494 valence electrons. The van der Waals surface area contributed by atoms with Crippen LogP contribution in [0.4, 0.5) is 0 Å². The van der Waals surface area contributed by atoms with Crippen molar-refractivity contribution in [2.75, 3.05) is 19.6 Å². The van der Waals surface area contributed by atoms with E-state index in [1.54, 1.807) is 109 Å². The number of H-pyrrole nitrogens is 1. The molecule has 1 aromatic heterocycles. The van der Waals surface area contributed by atoms with Crippen molar-refractivity contribution >= 4 is 69.8 Å². The molecule has 7 rings (SSSR count). The molecule has 5 aromatic carbocycles. The monoisotopic (exact) mass is 1270 g/mol. The van der Waals surface area contributed by atoms with Crippen LogP contribution in [0.1, 0.15) is 86.1 Å². The Hall–Kier alpha value is -9.78. The lowest BCUT2D eigenvalue weighted by atomic mass is 9.88. The first-order valence-electron chi connectivity index (χ1n) is 31.5. The minimum atomic E-state index is -1.51. The number of unbranched alkanes of at least 4 members (excludes halogenated alkanes) is 1. The SMILES string of the molecule is C[C@@H](O)[C@@H]1CC(=O)[C@H](CCCCN)NC(=O)[C@@H](Cc2c[nH]c3ccccc23)CC(=O)[C@H](Cc2ccccc2)NC(=O)[C@H](Cc2ccccc2)NC(=O)[C@H](CCCN=C(N)N)NC(=O)[C@H](NC(=O)[C@@H](N)Cc2ccc(O)cc2)CCNC(=O)[C@H](Cc2ccccc2)NC1=O. The molecule has 1 aliphatic rings. The van der Waals surface area contributed by atoms with E-state index in [9.17, 15) is 34.2 Å². The van der Waals surface area contributed by atoms with E-state index in [2.05, 4.69) is 47.2 Å². The Bertz CT molecular complexity index is 3490. The number of hydrogen-bond acceptors (Lipinski definition) is 14. The fraction of sp³-hybridized carbons (Fsp3) is 0.391. The fourth-order valence-corrected chi connectivity index (χ4v) is 11.2. The number of carbonyl (C=O) groups excluding carboxylic acids is 9. The molecule has 0 aliphatic carbocycles. The van der Waals surface area contributed by atoms with E-state index in [-0.39, 0.29) is 89.1 Å². The summed E-state index contributed by atoms with van der Waals surface area (Å²) < 4.78 is 0. The number of aliphatic hydroxyl groups excluding tert-OH is 1. The Morgan fingerprint density at radius 2 is 1.11 bits per heavy atom. The lowest BCUT2D eigenvalue weighted by Crippen LogP contribution is -2.59. The number of hydrogen-bond donors (Lipinski definition) is 14. The Labute approximate surface area is 540 Å². The number of Topliss-reactive ketones (excluding diaryl/α,β-unsaturated/α-hetero) is 2. The molecule has 0 spiro atoms. The maximum absolute atomic E-state index is 15.3. The summed E-state index contributed by atoms with van der Waals surface area (Å²) in [7, 11) is 0. The molecule has 1 fully saturated rings. The summed E-state index contributed by atoms with van der Waals surface area (Å²) in [6, 6.07) is 30.3. The van der Waals surface area contributed by atoms with Gasteiger partial charge in [0.2, 0.25) is 41.4 Å². The topological polar surface area (TPSA) is 411 Å². The van der Waals surface area contributed by atoms with E-state index >= 15 is 19.2 Å². The second-order valence-electron chi connectivity index (χ2n) is 23.7. The predicted octanol–water partition coefficient (Wildman–Crippen LogP) is 1.86. The number of para-hydroxylation sites is 1. The number of fused-ring (bicyclic) bond motifs is 1. The molecule has 2 heterocycles. The van der Waals surface area contributed by atoms with Crippen molar-refractivity contribution in [3.63, 3.8) is 0 Å². The quantitative estimate of drug-likeness (QED) is 0.0278. The van der Waals surface area contributed by atoms with Crippen LogP contribution in [0.5, 0.6) is 5.75 Å². The van der Waals surface area contributed by atoms with Crippen molar-refractivity contribution < 1.29 is 53.4 Å². The predicted molar refractivity (Wildman–Crippen MR) is 352 cm³/mol. The molecular weight excluding hydrogens is 1190 g/mol. The van der Waals surface area contributed by atoms with Crippen molar-refractivity contribution in [3.8, 4) is 5.75 Å². The third kappa shape index (κ3) is 22.2. The van der Waals surface area contributed by atoms with E-state index < -0.39 is 126 Å². The minimum Gasteiger partial charge on any atom is -0.508 e. The first-order chi connectivity index (χ1) is 44.7. The number of guanidine groups is 1. The third-order valence-electron chi connectivity index (χ3n) is 16.4. The Morgan fingerprint density at radius 3 is 1.72 bits per heavy atom. The molecule has 0 saturated carbocycles. The number of ketones is 2. The average Bonchev–Trinajstić information content (AvgIpc) is 1.81. The highest BCUT2D eigenvalue weighted by Gasteiger charge is 2.37. The van der Waals surface area contributed by atoms with Crippen LogP contribution in [0, 0.1) is 11.8 Å². The van der Waals surface area contributed by atoms with E-state index in [4.69, 9.17) is 22.9 Å². The molecule has 93 heavy (non-hydrogen) atoms. The maximum Gasteiger partial charge on any atom is 0.243 e. The molecule has 6 aromatic rings. The van der Waals surface area contributed by atoms with Crippen molar-refractivity contribution in [2.24, 2.45) is 39.8 Å². The van der Waals surface area contributed by atoms with Crippen molar-refractivity contribution in [2.45, 2.75) is 139 Å². The lowest BCUT2D eigenvalue weighted by molar-refractivity contribution is -0.137. The minimum absolute atomic E-state index is 0.0122. The third-order valence-corrected chi connectivity index (χ3v) is 16.4. The van der Waals surface area contributed by atoms with Crippen molar-refractivity contribution in [1.29, 1.82) is 0 Å². The van der Waals surface area contributed by atoms with Gasteiger partial charge in [-0.2, -0.15) is 0 Å². The second-order valence-corrected chi connectivity index (χ2v) is 23.7. The van der Waals surface area contributed by atoms with Crippen molar-refractivity contribution in [3.05, 3.63) is 174 Å². The van der Waals surface area contributed by atoms with Crippen LogP contribution < -0.4 is 60.2 Å². The van der Waals surface area contributed by atoms with Crippen LogP contribution in [0.25, 0.3) is 10.9 Å². The van der Waals surface area contributed by atoms with Gasteiger partial charge in [0.05, 0.1) is 30.1 Å². The van der Waals surface area contributed by atoms with Gasteiger partial charge in [-0.15, -0.1) is 0 Å². The van der Waals surface area contributed by atoms with Gasteiger partial charge < -0.3 is 75.3 Å². The zero-order valence-electron chi connectivity index (χ0n) is 52.3. The van der Waals surface area contributed by atoms with Crippen LogP contribution >= 0.6 is 0 Å². The number of aromatic hydroxyl groups is 1. The molecular formula is C69H87N13O11.